The topological polar surface area (TPSA) is 93.0 Å². The first-order chi connectivity index (χ1) is 13.8. The van der Waals surface area contributed by atoms with Gasteiger partial charge in [-0.05, 0) is 38.1 Å². The van der Waals surface area contributed by atoms with E-state index < -0.39 is 10.0 Å². The molecule has 29 heavy (non-hydrogen) atoms. The number of sulfonamides is 1. The molecule has 0 radical (unpaired) electrons. The second kappa shape index (κ2) is 7.86. The van der Waals surface area contributed by atoms with E-state index in [0.29, 0.717) is 24.5 Å². The molecule has 10 heteroatoms. The fraction of sp³-hybridized carbons (Fsp3) is 0.368. The lowest BCUT2D eigenvalue weighted by molar-refractivity contribution is -0.115. The molecule has 154 valence electrons. The SMILES string of the molecule is C[C@@H]1CN(S(=O)(=O)c2ccc(NC(=O)Cc3cn4ccsc4n3)cc2)C[C@@H](C)O1. The highest BCUT2D eigenvalue weighted by Gasteiger charge is 2.32. The molecule has 1 aliphatic heterocycles. The van der Waals surface area contributed by atoms with Crippen LogP contribution >= 0.6 is 11.3 Å². The molecule has 1 N–H and O–H groups in total. The van der Waals surface area contributed by atoms with Gasteiger partial charge in [0, 0.05) is 36.6 Å². The number of anilines is 1. The fourth-order valence-corrected chi connectivity index (χ4v) is 5.73. The summed E-state index contributed by atoms with van der Waals surface area (Å²) in [6.07, 6.45) is 3.57. The third-order valence-corrected chi connectivity index (χ3v) is 7.26. The molecule has 0 saturated carbocycles. The molecule has 0 aliphatic carbocycles. The van der Waals surface area contributed by atoms with E-state index in [1.54, 1.807) is 12.1 Å². The predicted molar refractivity (Wildman–Crippen MR) is 111 cm³/mol. The monoisotopic (exact) mass is 434 g/mol. The fourth-order valence-electron chi connectivity index (χ4n) is 3.42. The molecule has 1 amide bonds. The minimum atomic E-state index is -3.60. The Morgan fingerprint density at radius 1 is 1.24 bits per heavy atom. The molecule has 1 saturated heterocycles. The van der Waals surface area contributed by atoms with Gasteiger partial charge in [0.05, 0.1) is 29.2 Å². The first-order valence-electron chi connectivity index (χ1n) is 9.28. The zero-order valence-electron chi connectivity index (χ0n) is 16.1. The van der Waals surface area contributed by atoms with Gasteiger partial charge in [-0.1, -0.05) is 0 Å². The quantitative estimate of drug-likeness (QED) is 0.666. The number of rotatable bonds is 5. The summed E-state index contributed by atoms with van der Waals surface area (Å²) >= 11 is 1.51. The number of hydrogen-bond acceptors (Lipinski definition) is 6. The Bertz CT molecular complexity index is 1080. The highest BCUT2D eigenvalue weighted by atomic mass is 32.2. The average Bonchev–Trinajstić information content (AvgIpc) is 3.22. The Hall–Kier alpha value is -2.27. The van der Waals surface area contributed by atoms with Gasteiger partial charge >= 0.3 is 0 Å². The number of carbonyl (C=O) groups excluding carboxylic acids is 1. The van der Waals surface area contributed by atoms with E-state index >= 15 is 0 Å². The summed E-state index contributed by atoms with van der Waals surface area (Å²) in [6, 6.07) is 6.23. The van der Waals surface area contributed by atoms with Crippen LogP contribution in [-0.4, -0.2) is 53.3 Å². The van der Waals surface area contributed by atoms with Crippen LogP contribution in [-0.2, 0) is 26.0 Å². The summed E-state index contributed by atoms with van der Waals surface area (Å²) in [4.78, 5) is 17.7. The van der Waals surface area contributed by atoms with Gasteiger partial charge < -0.3 is 10.1 Å². The molecular weight excluding hydrogens is 412 g/mol. The lowest BCUT2D eigenvalue weighted by Crippen LogP contribution is -2.48. The van der Waals surface area contributed by atoms with Gasteiger partial charge in [0.2, 0.25) is 15.9 Å². The molecule has 0 bridgehead atoms. The molecule has 0 spiro atoms. The summed E-state index contributed by atoms with van der Waals surface area (Å²) in [5, 5.41) is 4.72. The van der Waals surface area contributed by atoms with Crippen molar-refractivity contribution in [3.8, 4) is 0 Å². The van der Waals surface area contributed by atoms with E-state index in [2.05, 4.69) is 10.3 Å². The minimum absolute atomic E-state index is 0.148. The molecule has 3 heterocycles. The second-order valence-corrected chi connectivity index (χ2v) is 9.96. The summed E-state index contributed by atoms with van der Waals surface area (Å²) in [5.41, 5.74) is 1.22. The maximum atomic E-state index is 12.9. The van der Waals surface area contributed by atoms with Gasteiger partial charge in [0.1, 0.15) is 0 Å². The summed E-state index contributed by atoms with van der Waals surface area (Å²) < 4.78 is 34.7. The van der Waals surface area contributed by atoms with E-state index in [4.69, 9.17) is 4.74 Å². The molecule has 2 atom stereocenters. The Kier molecular flexibility index (Phi) is 5.43. The summed E-state index contributed by atoms with van der Waals surface area (Å²) in [6.45, 7) is 4.38. The second-order valence-electron chi connectivity index (χ2n) is 7.15. The van der Waals surface area contributed by atoms with E-state index in [1.165, 1.54) is 27.8 Å². The molecular formula is C19H22N4O4S2. The predicted octanol–water partition coefficient (Wildman–Crippen LogP) is 2.37. The Morgan fingerprint density at radius 2 is 1.93 bits per heavy atom. The number of amides is 1. The largest absolute Gasteiger partial charge is 0.373 e. The number of morpholine rings is 1. The lowest BCUT2D eigenvalue weighted by atomic mass is 10.3. The number of thiazole rings is 1. The van der Waals surface area contributed by atoms with Crippen molar-refractivity contribution in [2.75, 3.05) is 18.4 Å². The Morgan fingerprint density at radius 3 is 2.59 bits per heavy atom. The van der Waals surface area contributed by atoms with Gasteiger partial charge in [0.15, 0.2) is 4.96 Å². The smallest absolute Gasteiger partial charge is 0.243 e. The molecule has 1 aliphatic rings. The van der Waals surface area contributed by atoms with Crippen molar-refractivity contribution < 1.29 is 17.9 Å². The number of benzene rings is 1. The highest BCUT2D eigenvalue weighted by Crippen LogP contribution is 2.22. The van der Waals surface area contributed by atoms with Crippen LogP contribution in [0.2, 0.25) is 0 Å². The highest BCUT2D eigenvalue weighted by molar-refractivity contribution is 7.89. The van der Waals surface area contributed by atoms with Gasteiger partial charge in [-0.2, -0.15) is 4.31 Å². The van der Waals surface area contributed by atoms with E-state index in [9.17, 15) is 13.2 Å². The van der Waals surface area contributed by atoms with E-state index in [0.717, 1.165) is 4.96 Å². The van der Waals surface area contributed by atoms with Crippen molar-refractivity contribution in [3.63, 3.8) is 0 Å². The maximum Gasteiger partial charge on any atom is 0.243 e. The van der Waals surface area contributed by atoms with Crippen molar-refractivity contribution >= 4 is 37.9 Å². The zero-order valence-corrected chi connectivity index (χ0v) is 17.7. The summed E-state index contributed by atoms with van der Waals surface area (Å²) in [5.74, 6) is -0.206. The molecule has 3 aromatic rings. The first-order valence-corrected chi connectivity index (χ1v) is 11.6. The van der Waals surface area contributed by atoms with Crippen molar-refractivity contribution in [1.82, 2.24) is 13.7 Å². The van der Waals surface area contributed by atoms with Crippen LogP contribution in [0.15, 0.2) is 46.9 Å². The first kappa shape index (κ1) is 20.0. The standard InChI is InChI=1S/C19H22N4O4S2/c1-13-10-23(11-14(2)27-13)29(25,26)17-5-3-15(4-6-17)20-18(24)9-16-12-22-7-8-28-19(22)21-16/h3-8,12-14H,9-11H2,1-2H3,(H,20,24)/t13-,14-/m1/s1. The van der Waals surface area contributed by atoms with Crippen molar-refractivity contribution in [1.29, 1.82) is 0 Å². The number of hydrogen-bond donors (Lipinski definition) is 1. The average molecular weight is 435 g/mol. The number of nitrogens with one attached hydrogen (secondary N) is 1. The van der Waals surface area contributed by atoms with E-state index in [1.807, 2.05) is 36.0 Å². The van der Waals surface area contributed by atoms with Crippen molar-refractivity contribution in [2.24, 2.45) is 0 Å². The zero-order chi connectivity index (χ0) is 20.6. The molecule has 8 nitrogen and oxygen atoms in total. The normalized spacial score (nSPS) is 20.8. The third kappa shape index (κ3) is 4.35. The molecule has 1 aromatic carbocycles. The van der Waals surface area contributed by atoms with Gasteiger partial charge in [-0.25, -0.2) is 13.4 Å². The number of fused-ring (bicyclic) bond motifs is 1. The van der Waals surface area contributed by atoms with Crippen molar-refractivity contribution in [2.45, 2.75) is 37.4 Å². The van der Waals surface area contributed by atoms with E-state index in [-0.39, 0.29) is 29.4 Å². The maximum absolute atomic E-state index is 12.9. The number of aromatic nitrogens is 2. The van der Waals surface area contributed by atoms with Gasteiger partial charge in [-0.15, -0.1) is 11.3 Å². The molecule has 2 aromatic heterocycles. The number of carbonyl (C=O) groups is 1. The third-order valence-electron chi connectivity index (χ3n) is 4.65. The summed E-state index contributed by atoms with van der Waals surface area (Å²) in [7, 11) is -3.60. The molecule has 1 fully saturated rings. The minimum Gasteiger partial charge on any atom is -0.373 e. The van der Waals surface area contributed by atoms with Crippen LogP contribution in [0, 0.1) is 0 Å². The van der Waals surface area contributed by atoms with Crippen molar-refractivity contribution in [3.05, 3.63) is 47.7 Å². The Labute approximate surface area is 173 Å². The van der Waals surface area contributed by atoms with Crippen LogP contribution in [0.1, 0.15) is 19.5 Å². The Balaban J connectivity index is 1.41. The van der Waals surface area contributed by atoms with Crippen LogP contribution in [0.4, 0.5) is 5.69 Å². The molecule has 0 unspecified atom stereocenters. The van der Waals surface area contributed by atoms with Crippen LogP contribution in [0.3, 0.4) is 0 Å². The van der Waals surface area contributed by atoms with Gasteiger partial charge in [0.25, 0.3) is 0 Å². The number of imidazole rings is 1. The van der Waals surface area contributed by atoms with Crippen LogP contribution in [0.5, 0.6) is 0 Å². The van der Waals surface area contributed by atoms with Gasteiger partial charge in [-0.3, -0.25) is 9.20 Å². The number of ether oxygens (including phenoxy) is 1. The molecule has 4 rings (SSSR count). The van der Waals surface area contributed by atoms with Crippen LogP contribution in [0.25, 0.3) is 4.96 Å². The van der Waals surface area contributed by atoms with Crippen LogP contribution < -0.4 is 5.32 Å². The lowest BCUT2D eigenvalue weighted by Gasteiger charge is -2.34. The number of nitrogens with zero attached hydrogens (tertiary/aromatic N) is 3.